The van der Waals surface area contributed by atoms with Gasteiger partial charge in [-0.25, -0.2) is 0 Å². The van der Waals surface area contributed by atoms with Crippen LogP contribution in [0.1, 0.15) is 46.3 Å². The number of halogens is 1. The minimum absolute atomic E-state index is 0. The van der Waals surface area contributed by atoms with E-state index in [2.05, 4.69) is 108 Å². The summed E-state index contributed by atoms with van der Waals surface area (Å²) >= 11 is 0. The molecule has 2 atom stereocenters. The molecule has 0 fully saturated rings. The number of hydrogen-bond acceptors (Lipinski definition) is 1. The molecular weight excluding hydrogens is 402 g/mol. The lowest BCUT2D eigenvalue weighted by Gasteiger charge is -2.50. The number of ether oxygens (including phenoxy) is 1. The molecule has 2 aliphatic heterocycles. The number of pyridine rings is 1. The number of aromatic nitrogens is 1. The molecule has 0 amide bonds. The summed E-state index contributed by atoms with van der Waals surface area (Å²) in [5, 5.41) is 0. The Balaban J connectivity index is 0.00000204. The summed E-state index contributed by atoms with van der Waals surface area (Å²) in [5.74, 6) is 1.15. The molecular formula is C28H24ClNO. The normalized spacial score (nSPS) is 19.6. The number of hydrogen-bond donors (Lipinski definition) is 0. The van der Waals surface area contributed by atoms with Crippen LogP contribution in [-0.4, -0.2) is 7.11 Å². The van der Waals surface area contributed by atoms with Gasteiger partial charge in [0, 0.05) is 29.5 Å². The lowest BCUT2D eigenvalue weighted by atomic mass is 9.53. The summed E-state index contributed by atoms with van der Waals surface area (Å²) in [6.07, 6.45) is 3.30. The van der Waals surface area contributed by atoms with Gasteiger partial charge in [0.15, 0.2) is 17.9 Å². The summed E-state index contributed by atoms with van der Waals surface area (Å²) in [7, 11) is 1.76. The maximum atomic E-state index is 5.65. The molecule has 0 saturated carbocycles. The van der Waals surface area contributed by atoms with Gasteiger partial charge in [-0.3, -0.25) is 0 Å². The SMILES string of the molecule is COc1ccc2c(c1)C1c3cccc[n+]3C2CC1(c1ccccc1)c1ccccc1.[Cl-]. The Morgan fingerprint density at radius 2 is 1.42 bits per heavy atom. The highest BCUT2D eigenvalue weighted by Gasteiger charge is 2.59. The van der Waals surface area contributed by atoms with Gasteiger partial charge in [-0.1, -0.05) is 66.7 Å². The van der Waals surface area contributed by atoms with Crippen LogP contribution in [0.4, 0.5) is 0 Å². The average molecular weight is 426 g/mol. The maximum absolute atomic E-state index is 5.65. The van der Waals surface area contributed by atoms with Crippen LogP contribution in [0.2, 0.25) is 0 Å². The molecule has 3 aromatic carbocycles. The van der Waals surface area contributed by atoms with Gasteiger partial charge in [-0.15, -0.1) is 0 Å². The van der Waals surface area contributed by atoms with Crippen molar-refractivity contribution < 1.29 is 21.7 Å². The molecule has 2 bridgehead atoms. The highest BCUT2D eigenvalue weighted by Crippen LogP contribution is 2.59. The zero-order chi connectivity index (χ0) is 20.1. The first-order valence-corrected chi connectivity index (χ1v) is 10.6. The summed E-state index contributed by atoms with van der Waals surface area (Å²) in [5.41, 5.74) is 6.84. The molecule has 2 unspecified atom stereocenters. The van der Waals surface area contributed by atoms with E-state index in [4.69, 9.17) is 4.74 Å². The van der Waals surface area contributed by atoms with Crippen LogP contribution in [0.15, 0.2) is 103 Å². The quantitative estimate of drug-likeness (QED) is 0.459. The zero-order valence-electron chi connectivity index (χ0n) is 17.4. The number of benzene rings is 3. The van der Waals surface area contributed by atoms with Crippen molar-refractivity contribution in [1.82, 2.24) is 0 Å². The van der Waals surface area contributed by atoms with E-state index in [1.165, 1.54) is 27.9 Å². The van der Waals surface area contributed by atoms with E-state index < -0.39 is 0 Å². The van der Waals surface area contributed by atoms with E-state index in [0.717, 1.165) is 12.2 Å². The van der Waals surface area contributed by atoms with Crippen LogP contribution < -0.4 is 21.7 Å². The number of methoxy groups -OCH3 is 1. The predicted molar refractivity (Wildman–Crippen MR) is 118 cm³/mol. The summed E-state index contributed by atoms with van der Waals surface area (Å²) in [6, 6.07) is 35.7. The van der Waals surface area contributed by atoms with Crippen LogP contribution in [0.5, 0.6) is 5.75 Å². The summed E-state index contributed by atoms with van der Waals surface area (Å²) in [4.78, 5) is 0. The maximum Gasteiger partial charge on any atom is 0.190 e. The van der Waals surface area contributed by atoms with Gasteiger partial charge in [-0.05, 0) is 34.9 Å². The molecule has 2 nitrogen and oxygen atoms in total. The smallest absolute Gasteiger partial charge is 0.190 e. The standard InChI is InChI=1S/C28H24NO.ClH/c1-30-22-15-16-23-24(18-22)27-25-14-8-9-17-29(25)26(23)19-28(27,20-10-4-2-5-11-20)21-12-6-3-7-13-21;/h2-18,26-27H,19H2,1H3;1H/q+1;/p-1. The molecule has 4 aromatic rings. The van der Waals surface area contributed by atoms with Crippen molar-refractivity contribution >= 4 is 0 Å². The minimum atomic E-state index is -0.117. The molecule has 1 aliphatic carbocycles. The average Bonchev–Trinajstić information content (AvgIpc) is 2.84. The van der Waals surface area contributed by atoms with Crippen molar-refractivity contribution in [1.29, 1.82) is 0 Å². The topological polar surface area (TPSA) is 13.1 Å². The third kappa shape index (κ3) is 2.75. The first kappa shape index (κ1) is 19.8. The summed E-state index contributed by atoms with van der Waals surface area (Å²) in [6.45, 7) is 0. The minimum Gasteiger partial charge on any atom is -1.00 e. The van der Waals surface area contributed by atoms with Gasteiger partial charge in [0.2, 0.25) is 0 Å². The van der Waals surface area contributed by atoms with Crippen LogP contribution in [-0.2, 0) is 5.41 Å². The third-order valence-electron chi connectivity index (χ3n) is 7.10. The van der Waals surface area contributed by atoms with E-state index in [0.29, 0.717) is 6.04 Å². The van der Waals surface area contributed by atoms with E-state index in [9.17, 15) is 0 Å². The second-order valence-corrected chi connectivity index (χ2v) is 8.38. The molecule has 7 rings (SSSR count). The van der Waals surface area contributed by atoms with Gasteiger partial charge < -0.3 is 17.1 Å². The molecule has 0 saturated heterocycles. The van der Waals surface area contributed by atoms with Crippen molar-refractivity contribution in [2.75, 3.05) is 7.11 Å². The zero-order valence-corrected chi connectivity index (χ0v) is 18.2. The van der Waals surface area contributed by atoms with Gasteiger partial charge in [0.25, 0.3) is 0 Å². The van der Waals surface area contributed by atoms with E-state index in [1.807, 2.05) is 0 Å². The Bertz CT molecular complexity index is 1180. The van der Waals surface area contributed by atoms with Crippen molar-refractivity contribution in [2.24, 2.45) is 0 Å². The second kappa shape index (κ2) is 7.55. The molecule has 3 heterocycles. The van der Waals surface area contributed by atoms with Crippen LogP contribution >= 0.6 is 0 Å². The Morgan fingerprint density at radius 1 is 0.774 bits per heavy atom. The molecule has 3 heteroatoms. The van der Waals surface area contributed by atoms with E-state index in [1.54, 1.807) is 7.11 Å². The van der Waals surface area contributed by atoms with Crippen LogP contribution in [0.25, 0.3) is 0 Å². The number of rotatable bonds is 3. The number of nitrogens with zero attached hydrogens (tertiary/aromatic N) is 1. The Hall–Kier alpha value is -3.10. The molecule has 154 valence electrons. The van der Waals surface area contributed by atoms with Crippen molar-refractivity contribution in [3.05, 3.63) is 131 Å². The molecule has 1 aromatic heterocycles. The van der Waals surface area contributed by atoms with E-state index in [-0.39, 0.29) is 23.7 Å². The lowest BCUT2D eigenvalue weighted by Crippen LogP contribution is -3.00. The molecule has 0 spiro atoms. The highest BCUT2D eigenvalue weighted by atomic mass is 35.5. The lowest BCUT2D eigenvalue weighted by molar-refractivity contribution is -0.732. The van der Waals surface area contributed by atoms with Crippen molar-refractivity contribution in [3.8, 4) is 5.75 Å². The Labute approximate surface area is 189 Å². The first-order valence-electron chi connectivity index (χ1n) is 10.6. The molecule has 31 heavy (non-hydrogen) atoms. The van der Waals surface area contributed by atoms with Crippen LogP contribution in [0.3, 0.4) is 0 Å². The number of fused-ring (bicyclic) bond motifs is 1. The van der Waals surface area contributed by atoms with Gasteiger partial charge >= 0.3 is 0 Å². The van der Waals surface area contributed by atoms with Crippen LogP contribution in [0, 0.1) is 0 Å². The van der Waals surface area contributed by atoms with Gasteiger partial charge in [0.05, 0.1) is 13.0 Å². The Morgan fingerprint density at radius 3 is 2.06 bits per heavy atom. The monoisotopic (exact) mass is 425 g/mol. The van der Waals surface area contributed by atoms with E-state index >= 15 is 0 Å². The fourth-order valence-electron chi connectivity index (χ4n) is 5.90. The fourth-order valence-corrected chi connectivity index (χ4v) is 5.90. The van der Waals surface area contributed by atoms with Gasteiger partial charge in [0.1, 0.15) is 5.75 Å². The highest BCUT2D eigenvalue weighted by molar-refractivity contribution is 5.56. The first-order chi connectivity index (χ1) is 14.8. The predicted octanol–water partition coefficient (Wildman–Crippen LogP) is 2.41. The Kier molecular flexibility index (Phi) is 4.83. The van der Waals surface area contributed by atoms with Gasteiger partial charge in [-0.2, -0.15) is 4.57 Å². The largest absolute Gasteiger partial charge is 1.00 e. The fraction of sp³-hybridized carbons (Fsp3) is 0.179. The second-order valence-electron chi connectivity index (χ2n) is 8.38. The summed E-state index contributed by atoms with van der Waals surface area (Å²) < 4.78 is 8.14. The van der Waals surface area contributed by atoms with Crippen molar-refractivity contribution in [3.63, 3.8) is 0 Å². The molecule has 0 radical (unpaired) electrons. The molecule has 0 N–H and O–H groups in total. The third-order valence-corrected chi connectivity index (χ3v) is 7.10. The molecule has 3 aliphatic rings. The van der Waals surface area contributed by atoms with Crippen molar-refractivity contribution in [2.45, 2.75) is 23.8 Å².